The van der Waals surface area contributed by atoms with Gasteiger partial charge in [0.1, 0.15) is 19.5 Å². The van der Waals surface area contributed by atoms with Crippen molar-refractivity contribution in [3.8, 4) is 0 Å². The first-order chi connectivity index (χ1) is 21.9. The number of carbonyl (C=O) groups excluding carboxylic acids is 4. The minimum absolute atomic E-state index is 0.0725. The van der Waals surface area contributed by atoms with Crippen LogP contribution in [0.4, 0.5) is 0 Å². The molecule has 2 saturated carbocycles. The van der Waals surface area contributed by atoms with Gasteiger partial charge in [-0.2, -0.15) is 0 Å². The number of hydrogen-bond donors (Lipinski definition) is 0. The number of fused-ring (bicyclic) bond motifs is 10. The van der Waals surface area contributed by atoms with E-state index in [9.17, 15) is 19.2 Å². The molecule has 8 unspecified atom stereocenters. The second-order valence-electron chi connectivity index (χ2n) is 11.9. The summed E-state index contributed by atoms with van der Waals surface area (Å²) in [5.41, 5.74) is -0.145. The Morgan fingerprint density at radius 1 is 0.396 bits per heavy atom. The Labute approximate surface area is 350 Å². The lowest BCUT2D eigenvalue weighted by Crippen LogP contribution is -2.50. The molecule has 2 saturated heterocycles. The van der Waals surface area contributed by atoms with Crippen LogP contribution in [0.3, 0.4) is 0 Å². The second kappa shape index (κ2) is 11.1. The highest BCUT2D eigenvalue weighted by Crippen LogP contribution is 2.79. The number of allylic oxidation sites excluding steroid dienone is 4. The monoisotopic (exact) mass is 972 g/mol. The first-order valence-corrected chi connectivity index (χ1v) is 19.1. The largest absolute Gasteiger partial charge is 0.277 e. The average molecular weight is 980 g/mol. The van der Waals surface area contributed by atoms with Crippen LogP contribution in [0.15, 0.2) is 20.1 Å². The lowest BCUT2D eigenvalue weighted by molar-refractivity contribution is -0.142. The number of halogens is 16. The number of hydrogen-bond acceptors (Lipinski definition) is 4. The van der Waals surface area contributed by atoms with Crippen molar-refractivity contribution in [2.24, 2.45) is 23.7 Å². The maximum Gasteiger partial charge on any atom is 0.235 e. The number of nitrogens with zero attached hydrogens (tertiary/aromatic N) is 2. The lowest BCUT2D eigenvalue weighted by atomic mass is 9.84. The van der Waals surface area contributed by atoms with Crippen molar-refractivity contribution in [1.82, 2.24) is 9.80 Å². The molecule has 7 rings (SSSR count). The molecule has 2 heterocycles. The smallest absolute Gasteiger partial charge is 0.235 e. The van der Waals surface area contributed by atoms with Gasteiger partial charge < -0.3 is 0 Å². The Hall–Kier alpha value is 1.62. The number of alkyl halides is 8. The minimum atomic E-state index is -2.13. The van der Waals surface area contributed by atoms with E-state index in [2.05, 4.69) is 0 Å². The number of imide groups is 2. The van der Waals surface area contributed by atoms with Crippen LogP contribution in [-0.4, -0.2) is 61.6 Å². The summed E-state index contributed by atoms with van der Waals surface area (Å²) in [6.45, 7) is -1.14. The molecule has 6 nitrogen and oxygen atoms in total. The van der Waals surface area contributed by atoms with E-state index in [1.165, 1.54) is 0 Å². The van der Waals surface area contributed by atoms with Gasteiger partial charge in [-0.05, 0) is 0 Å². The highest BCUT2D eigenvalue weighted by molar-refractivity contribution is 6.68. The number of rotatable bonds is 4. The van der Waals surface area contributed by atoms with Crippen LogP contribution in [0.25, 0.3) is 0 Å². The van der Waals surface area contributed by atoms with Gasteiger partial charge >= 0.3 is 0 Å². The summed E-state index contributed by atoms with van der Waals surface area (Å²) in [7, 11) is 0. The molecule has 4 bridgehead atoms. The number of amides is 4. The molecule has 4 aliphatic carbocycles. The van der Waals surface area contributed by atoms with Crippen LogP contribution >= 0.6 is 186 Å². The molecule has 4 fully saturated rings. The summed E-state index contributed by atoms with van der Waals surface area (Å²) in [5, 5.41) is -2.15. The van der Waals surface area contributed by atoms with E-state index < -0.39 is 88.6 Å². The molecule has 1 aromatic carbocycles. The number of likely N-dealkylation sites (tertiary alicyclic amines) is 2. The first kappa shape index (κ1) is 37.9. The Kier molecular flexibility index (Phi) is 8.78. The Balaban J connectivity index is 1.21. The molecule has 1 aromatic rings. The summed E-state index contributed by atoms with van der Waals surface area (Å²) in [4.78, 5) is 48.4. The molecular weight excluding hydrogens is 972 g/mol. The fourth-order valence-corrected chi connectivity index (χ4v) is 14.8. The van der Waals surface area contributed by atoms with Crippen molar-refractivity contribution in [3.63, 3.8) is 0 Å². The molecule has 6 aliphatic rings. The van der Waals surface area contributed by atoms with Crippen LogP contribution in [0, 0.1) is 23.7 Å². The van der Waals surface area contributed by atoms with Crippen molar-refractivity contribution >= 4 is 209 Å². The maximum atomic E-state index is 13.8. The fourth-order valence-electron chi connectivity index (χ4n) is 7.73. The zero-order chi connectivity index (χ0) is 36.0. The van der Waals surface area contributed by atoms with E-state index >= 15 is 0 Å². The van der Waals surface area contributed by atoms with Crippen molar-refractivity contribution in [2.45, 2.75) is 41.3 Å². The number of benzene rings is 1. The molecule has 48 heavy (non-hydrogen) atoms. The number of carbonyl (C=O) groups is 4. The highest BCUT2D eigenvalue weighted by atomic mass is 35.5. The van der Waals surface area contributed by atoms with Crippen molar-refractivity contribution in [2.75, 3.05) is 0 Å². The van der Waals surface area contributed by atoms with Crippen molar-refractivity contribution in [3.05, 3.63) is 51.3 Å². The predicted octanol–water partition coefficient (Wildman–Crippen LogP) is 10.2. The molecule has 0 aromatic heterocycles. The van der Waals surface area contributed by atoms with Gasteiger partial charge in [-0.25, -0.2) is 0 Å². The third-order valence-electron chi connectivity index (χ3n) is 10.1. The molecule has 0 radical (unpaired) electrons. The summed E-state index contributed by atoms with van der Waals surface area (Å²) in [6, 6.07) is 0. The third kappa shape index (κ3) is 3.77. The zero-order valence-corrected chi connectivity index (χ0v) is 34.4. The topological polar surface area (TPSA) is 74.8 Å². The van der Waals surface area contributed by atoms with Crippen LogP contribution in [0.2, 0.25) is 20.1 Å². The first-order valence-electron chi connectivity index (χ1n) is 13.1. The van der Waals surface area contributed by atoms with Crippen molar-refractivity contribution in [1.29, 1.82) is 0 Å². The molecule has 0 spiro atoms. The quantitative estimate of drug-likeness (QED) is 0.171. The molecule has 8 atom stereocenters. The van der Waals surface area contributed by atoms with Gasteiger partial charge in [0.2, 0.25) is 23.6 Å². The Bertz CT molecular complexity index is 1680. The molecule has 22 heteroatoms. The zero-order valence-electron chi connectivity index (χ0n) is 22.3. The van der Waals surface area contributed by atoms with Gasteiger partial charge in [0, 0.05) is 11.1 Å². The average Bonchev–Trinajstić information content (AvgIpc) is 3.59. The van der Waals surface area contributed by atoms with E-state index in [1.807, 2.05) is 0 Å². The normalized spacial score (nSPS) is 40.4. The molecular formula is C26H8Cl16N2O4. The van der Waals surface area contributed by atoms with Crippen LogP contribution in [0.1, 0.15) is 11.1 Å². The summed E-state index contributed by atoms with van der Waals surface area (Å²) in [5.74, 6) is -9.04. The molecule has 0 N–H and O–H groups in total. The Morgan fingerprint density at radius 3 is 0.771 bits per heavy atom. The van der Waals surface area contributed by atoms with Gasteiger partial charge in [-0.3, -0.25) is 29.0 Å². The van der Waals surface area contributed by atoms with E-state index in [-0.39, 0.29) is 51.3 Å². The van der Waals surface area contributed by atoms with E-state index in [0.717, 1.165) is 9.80 Å². The van der Waals surface area contributed by atoms with Gasteiger partial charge in [0.05, 0.1) is 77.0 Å². The maximum absolute atomic E-state index is 13.8. The Morgan fingerprint density at radius 2 is 0.583 bits per heavy atom. The van der Waals surface area contributed by atoms with Gasteiger partial charge in [-0.1, -0.05) is 139 Å². The minimum Gasteiger partial charge on any atom is -0.277 e. The SMILES string of the molecule is O=C1C2C(C(=O)N1Cc1c(Cl)c(Cl)c(CN3C(=O)C4C(C3=O)C3(Cl)C(Cl)=C(Cl)C4(Cl)C3(Cl)Cl)c(Cl)c1Cl)C1(Cl)C(Cl)=C(Cl)C2(Cl)C1(Cl)Cl. The van der Waals surface area contributed by atoms with Gasteiger partial charge in [-0.15, -0.1) is 46.4 Å². The lowest BCUT2D eigenvalue weighted by Gasteiger charge is -2.34. The van der Waals surface area contributed by atoms with E-state index in [0.29, 0.717) is 0 Å². The molecule has 2 aliphatic heterocycles. The standard InChI is InChI=1S/C26H8Cl16N2O4/c27-9-3(1-43-17(45)5-6(18(43)46)22(36)14(32)13(31)21(5,35)25(22,39)40)10(28)12(30)4(11(9)29)2-44-19(47)7-8(20(44)48)24(38)16(34)15(33)23(7,37)26(24,41)42/h5-8H,1-2H2. The third-order valence-corrected chi connectivity index (χ3v) is 20.5. The highest BCUT2D eigenvalue weighted by Gasteiger charge is 2.89. The summed E-state index contributed by atoms with van der Waals surface area (Å²) >= 11 is 105. The van der Waals surface area contributed by atoms with E-state index in [4.69, 9.17) is 186 Å². The fraction of sp³-hybridized carbons (Fsp3) is 0.462. The summed E-state index contributed by atoms with van der Waals surface area (Å²) in [6.07, 6.45) is 0. The van der Waals surface area contributed by atoms with Gasteiger partial charge in [0.25, 0.3) is 0 Å². The van der Waals surface area contributed by atoms with Crippen LogP contribution in [-0.2, 0) is 32.3 Å². The summed E-state index contributed by atoms with van der Waals surface area (Å²) < 4.78 is -4.27. The second-order valence-corrected chi connectivity index (χ2v) is 20.0. The van der Waals surface area contributed by atoms with Crippen molar-refractivity contribution < 1.29 is 19.2 Å². The van der Waals surface area contributed by atoms with E-state index in [1.54, 1.807) is 0 Å². The molecule has 4 amide bonds. The predicted molar refractivity (Wildman–Crippen MR) is 192 cm³/mol. The van der Waals surface area contributed by atoms with Gasteiger partial charge in [0.15, 0.2) is 8.67 Å². The molecule has 258 valence electrons. The van der Waals surface area contributed by atoms with Crippen LogP contribution in [0.5, 0.6) is 0 Å². The van der Waals surface area contributed by atoms with Crippen LogP contribution < -0.4 is 0 Å².